The Balaban J connectivity index is 2.13. The Labute approximate surface area is 192 Å². The standard InChI is InChI=1S/C19H18ClFN6O5S/c1-26-7-10(6-23-26)14-12(20)5-4-11-13(33(22,28)29)8-27(15(11)14)19-24-17(30-2)16(32-9-21)18(25-19)31-3/h4-8H,9H2,1-3H3,(H2,22,28,29). The Hall–Kier alpha value is -3.42. The number of alkyl halides is 1. The topological polar surface area (TPSA) is 136 Å². The highest BCUT2D eigenvalue weighted by Gasteiger charge is 2.26. The summed E-state index contributed by atoms with van der Waals surface area (Å²) in [6.45, 7) is -1.17. The number of fused-ring (bicyclic) bond motifs is 1. The van der Waals surface area contributed by atoms with E-state index in [-0.39, 0.29) is 33.7 Å². The minimum Gasteiger partial charge on any atom is -0.478 e. The number of aryl methyl sites for hydroxylation is 1. The average Bonchev–Trinajstić information content (AvgIpc) is 3.37. The van der Waals surface area contributed by atoms with E-state index in [1.807, 2.05) is 0 Å². The Bertz CT molecular complexity index is 1440. The predicted molar refractivity (Wildman–Crippen MR) is 117 cm³/mol. The van der Waals surface area contributed by atoms with Crippen LogP contribution < -0.4 is 19.3 Å². The molecule has 0 fully saturated rings. The predicted octanol–water partition coefficient (Wildman–Crippen LogP) is 2.44. The van der Waals surface area contributed by atoms with Crippen LogP contribution in [0.2, 0.25) is 5.02 Å². The van der Waals surface area contributed by atoms with Crippen LogP contribution in [-0.4, -0.2) is 53.8 Å². The molecule has 0 aliphatic carbocycles. The zero-order valence-electron chi connectivity index (χ0n) is 17.6. The van der Waals surface area contributed by atoms with Crippen LogP contribution in [0.3, 0.4) is 0 Å². The van der Waals surface area contributed by atoms with Crippen LogP contribution in [0.25, 0.3) is 28.0 Å². The summed E-state index contributed by atoms with van der Waals surface area (Å²) in [6.07, 6.45) is 4.56. The number of halogens is 2. The lowest BCUT2D eigenvalue weighted by Crippen LogP contribution is -2.11. The van der Waals surface area contributed by atoms with Crippen molar-refractivity contribution in [3.8, 4) is 34.6 Å². The molecule has 1 aromatic carbocycles. The third-order valence-electron chi connectivity index (χ3n) is 4.77. The van der Waals surface area contributed by atoms with Gasteiger partial charge in [-0.25, -0.2) is 17.9 Å². The largest absolute Gasteiger partial charge is 0.478 e. The number of primary sulfonamides is 1. The lowest BCUT2D eigenvalue weighted by Gasteiger charge is -2.14. The molecule has 3 aromatic heterocycles. The van der Waals surface area contributed by atoms with E-state index < -0.39 is 16.9 Å². The van der Waals surface area contributed by atoms with E-state index in [0.717, 1.165) is 0 Å². The van der Waals surface area contributed by atoms with E-state index in [2.05, 4.69) is 15.1 Å². The summed E-state index contributed by atoms with van der Waals surface area (Å²) in [7, 11) is 0.190. The number of benzene rings is 1. The van der Waals surface area contributed by atoms with Gasteiger partial charge >= 0.3 is 0 Å². The summed E-state index contributed by atoms with van der Waals surface area (Å²) in [5.41, 5.74) is 1.44. The van der Waals surface area contributed by atoms with Gasteiger partial charge in [-0.3, -0.25) is 9.25 Å². The summed E-state index contributed by atoms with van der Waals surface area (Å²) in [4.78, 5) is 8.35. The van der Waals surface area contributed by atoms with Crippen molar-refractivity contribution in [1.29, 1.82) is 0 Å². The summed E-state index contributed by atoms with van der Waals surface area (Å²) in [5, 5.41) is 10.3. The molecule has 0 spiro atoms. The van der Waals surface area contributed by atoms with Gasteiger partial charge < -0.3 is 14.2 Å². The van der Waals surface area contributed by atoms with Crippen LogP contribution >= 0.6 is 11.6 Å². The number of hydrogen-bond donors (Lipinski definition) is 1. The van der Waals surface area contributed by atoms with E-state index in [4.69, 9.17) is 31.0 Å². The van der Waals surface area contributed by atoms with Crippen molar-refractivity contribution in [2.75, 3.05) is 21.1 Å². The molecule has 0 radical (unpaired) electrons. The number of rotatable bonds is 7. The first-order chi connectivity index (χ1) is 15.7. The van der Waals surface area contributed by atoms with Gasteiger partial charge in [0, 0.05) is 36.0 Å². The third kappa shape index (κ3) is 3.94. The van der Waals surface area contributed by atoms with Crippen molar-refractivity contribution in [2.24, 2.45) is 12.2 Å². The van der Waals surface area contributed by atoms with Crippen molar-refractivity contribution in [1.82, 2.24) is 24.3 Å². The molecule has 14 heteroatoms. The first-order valence-corrected chi connectivity index (χ1v) is 11.2. The Morgan fingerprint density at radius 3 is 2.33 bits per heavy atom. The quantitative estimate of drug-likeness (QED) is 0.412. The van der Waals surface area contributed by atoms with Crippen LogP contribution in [0, 0.1) is 0 Å². The maximum atomic E-state index is 12.9. The number of hydrogen-bond acceptors (Lipinski definition) is 8. The van der Waals surface area contributed by atoms with Crippen LogP contribution in [0.4, 0.5) is 4.39 Å². The molecule has 0 saturated carbocycles. The first-order valence-electron chi connectivity index (χ1n) is 9.24. The second-order valence-electron chi connectivity index (χ2n) is 6.75. The summed E-state index contributed by atoms with van der Waals surface area (Å²) < 4.78 is 55.9. The number of ether oxygens (including phenoxy) is 3. The van der Waals surface area contributed by atoms with E-state index in [1.54, 1.807) is 30.2 Å². The van der Waals surface area contributed by atoms with Gasteiger partial charge in [-0.05, 0) is 12.1 Å². The molecule has 0 aliphatic heterocycles. The fraction of sp³-hybridized carbons (Fsp3) is 0.211. The average molecular weight is 497 g/mol. The molecule has 0 bridgehead atoms. The second kappa shape index (κ2) is 8.50. The van der Waals surface area contributed by atoms with Crippen LogP contribution in [-0.2, 0) is 17.1 Å². The van der Waals surface area contributed by atoms with Crippen LogP contribution in [0.15, 0.2) is 35.6 Å². The summed E-state index contributed by atoms with van der Waals surface area (Å²) in [5.74, 6) is -0.459. The molecule has 2 N–H and O–H groups in total. The highest BCUT2D eigenvalue weighted by Crippen LogP contribution is 2.41. The molecule has 0 saturated heterocycles. The number of sulfonamides is 1. The molecule has 0 aliphatic rings. The van der Waals surface area contributed by atoms with Crippen molar-refractivity contribution in [2.45, 2.75) is 4.90 Å². The molecule has 174 valence electrons. The van der Waals surface area contributed by atoms with E-state index in [0.29, 0.717) is 21.7 Å². The van der Waals surface area contributed by atoms with E-state index in [1.165, 1.54) is 31.0 Å². The van der Waals surface area contributed by atoms with Gasteiger partial charge in [0.2, 0.25) is 28.6 Å². The fourth-order valence-electron chi connectivity index (χ4n) is 3.44. The third-order valence-corrected chi connectivity index (χ3v) is 6.03. The van der Waals surface area contributed by atoms with Gasteiger partial charge in [-0.2, -0.15) is 15.1 Å². The van der Waals surface area contributed by atoms with Gasteiger partial charge in [0.05, 0.1) is 31.0 Å². The van der Waals surface area contributed by atoms with Gasteiger partial charge in [-0.15, -0.1) is 0 Å². The van der Waals surface area contributed by atoms with E-state index in [9.17, 15) is 12.8 Å². The fourth-order valence-corrected chi connectivity index (χ4v) is 4.42. The van der Waals surface area contributed by atoms with Crippen LogP contribution in [0.1, 0.15) is 0 Å². The molecule has 4 rings (SSSR count). The lowest BCUT2D eigenvalue weighted by molar-refractivity contribution is 0.173. The maximum Gasteiger partial charge on any atom is 0.266 e. The molecule has 33 heavy (non-hydrogen) atoms. The highest BCUT2D eigenvalue weighted by molar-refractivity contribution is 7.89. The maximum absolute atomic E-state index is 12.9. The van der Waals surface area contributed by atoms with Crippen LogP contribution in [0.5, 0.6) is 17.5 Å². The lowest BCUT2D eigenvalue weighted by atomic mass is 10.1. The van der Waals surface area contributed by atoms with Gasteiger partial charge in [0.15, 0.2) is 0 Å². The Kier molecular flexibility index (Phi) is 5.86. The molecule has 0 amide bonds. The molecular formula is C19H18ClFN6O5S. The van der Waals surface area contributed by atoms with Gasteiger partial charge in [0.1, 0.15) is 4.90 Å². The number of aromatic nitrogens is 5. The number of nitrogens with zero attached hydrogens (tertiary/aromatic N) is 5. The molecule has 0 unspecified atom stereocenters. The van der Waals surface area contributed by atoms with Crippen molar-refractivity contribution < 1.29 is 27.0 Å². The molecular weight excluding hydrogens is 479 g/mol. The zero-order valence-corrected chi connectivity index (χ0v) is 19.2. The smallest absolute Gasteiger partial charge is 0.266 e. The van der Waals surface area contributed by atoms with E-state index >= 15 is 0 Å². The normalized spacial score (nSPS) is 11.7. The zero-order chi connectivity index (χ0) is 23.9. The summed E-state index contributed by atoms with van der Waals surface area (Å²) in [6, 6.07) is 3.09. The molecule has 4 aromatic rings. The second-order valence-corrected chi connectivity index (χ2v) is 8.69. The van der Waals surface area contributed by atoms with Crippen molar-refractivity contribution in [3.63, 3.8) is 0 Å². The Morgan fingerprint density at radius 2 is 1.82 bits per heavy atom. The SMILES string of the molecule is COc1nc(-n2cc(S(N)(=O)=O)c3ccc(Cl)c(-c4cnn(C)c4)c32)nc(OC)c1OCF. The first kappa shape index (κ1) is 22.8. The molecule has 11 nitrogen and oxygen atoms in total. The molecule has 0 atom stereocenters. The minimum atomic E-state index is -4.15. The Morgan fingerprint density at radius 1 is 1.15 bits per heavy atom. The highest BCUT2D eigenvalue weighted by atomic mass is 35.5. The monoisotopic (exact) mass is 496 g/mol. The van der Waals surface area contributed by atoms with Gasteiger partial charge in [-0.1, -0.05) is 11.6 Å². The minimum absolute atomic E-state index is 0.0535. The summed E-state index contributed by atoms with van der Waals surface area (Å²) >= 11 is 6.53. The number of nitrogens with two attached hydrogens (primary N) is 1. The van der Waals surface area contributed by atoms with Gasteiger partial charge in [0.25, 0.3) is 11.8 Å². The van der Waals surface area contributed by atoms with Crippen molar-refractivity contribution >= 4 is 32.5 Å². The van der Waals surface area contributed by atoms with Crippen molar-refractivity contribution in [3.05, 3.63) is 35.7 Å². The molecule has 3 heterocycles. The number of methoxy groups -OCH3 is 2.